The van der Waals surface area contributed by atoms with Crippen LogP contribution in [-0.2, 0) is 4.79 Å². The minimum Gasteiger partial charge on any atom is -0.325 e. The fraction of sp³-hybridized carbons (Fsp3) is 0.611. The highest BCUT2D eigenvalue weighted by Crippen LogP contribution is 2.21. The molecule has 0 aliphatic carbocycles. The second-order valence-corrected chi connectivity index (χ2v) is 7.43. The summed E-state index contributed by atoms with van der Waals surface area (Å²) in [7, 11) is 0. The molecule has 4 nitrogen and oxygen atoms in total. The van der Waals surface area contributed by atoms with Crippen LogP contribution in [0.25, 0.3) is 0 Å². The lowest BCUT2D eigenvalue weighted by Crippen LogP contribution is -2.42. The molecule has 2 aliphatic rings. The standard InChI is InChI=1S/C18H27N3OS/c1-23-17-8-4-6-15(12-17)19-18(22)14-21-11-5-7-16(21)13-20-9-2-3-10-20/h4,6,8,12,16H,2-3,5,7,9-11,13-14H2,1H3,(H,19,22)/t16-/m1/s1. The first-order valence-corrected chi connectivity index (χ1v) is 9.87. The maximum atomic E-state index is 12.4. The highest BCUT2D eigenvalue weighted by molar-refractivity contribution is 7.98. The summed E-state index contributed by atoms with van der Waals surface area (Å²) >= 11 is 1.69. The van der Waals surface area contributed by atoms with Gasteiger partial charge in [0.25, 0.3) is 0 Å². The molecule has 0 saturated carbocycles. The summed E-state index contributed by atoms with van der Waals surface area (Å²) in [5, 5.41) is 3.05. The number of likely N-dealkylation sites (tertiary alicyclic amines) is 2. The zero-order valence-corrected chi connectivity index (χ0v) is 14.8. The highest BCUT2D eigenvalue weighted by atomic mass is 32.2. The Bertz CT molecular complexity index is 531. The van der Waals surface area contributed by atoms with Crippen LogP contribution in [0, 0.1) is 0 Å². The lowest BCUT2D eigenvalue weighted by atomic mass is 10.2. The average Bonchev–Trinajstić information content (AvgIpc) is 3.20. The Kier molecular flexibility index (Phi) is 5.97. The van der Waals surface area contributed by atoms with Crippen LogP contribution < -0.4 is 5.32 Å². The van der Waals surface area contributed by atoms with Crippen LogP contribution in [0.4, 0.5) is 5.69 Å². The van der Waals surface area contributed by atoms with Crippen molar-refractivity contribution in [1.29, 1.82) is 0 Å². The molecular weight excluding hydrogens is 306 g/mol. The van der Waals surface area contributed by atoms with Gasteiger partial charge in [0, 0.05) is 23.2 Å². The van der Waals surface area contributed by atoms with Gasteiger partial charge in [-0.3, -0.25) is 9.69 Å². The van der Waals surface area contributed by atoms with E-state index in [1.54, 1.807) is 11.8 Å². The lowest BCUT2D eigenvalue weighted by molar-refractivity contribution is -0.117. The van der Waals surface area contributed by atoms with Crippen molar-refractivity contribution >= 4 is 23.4 Å². The third-order valence-electron chi connectivity index (χ3n) is 4.87. The number of anilines is 1. The van der Waals surface area contributed by atoms with Gasteiger partial charge in [-0.2, -0.15) is 0 Å². The molecule has 0 unspecified atom stereocenters. The van der Waals surface area contributed by atoms with E-state index < -0.39 is 0 Å². The van der Waals surface area contributed by atoms with Gasteiger partial charge in [0.2, 0.25) is 5.91 Å². The van der Waals surface area contributed by atoms with Gasteiger partial charge in [-0.15, -0.1) is 11.8 Å². The largest absolute Gasteiger partial charge is 0.325 e. The zero-order chi connectivity index (χ0) is 16.1. The normalized spacial score (nSPS) is 22.6. The van der Waals surface area contributed by atoms with E-state index in [1.165, 1.54) is 43.7 Å². The van der Waals surface area contributed by atoms with Crippen LogP contribution in [0.5, 0.6) is 0 Å². The Labute approximate surface area is 143 Å². The summed E-state index contributed by atoms with van der Waals surface area (Å²) in [6.07, 6.45) is 7.16. The van der Waals surface area contributed by atoms with Crippen molar-refractivity contribution in [3.05, 3.63) is 24.3 Å². The lowest BCUT2D eigenvalue weighted by Gasteiger charge is -2.27. The number of hydrogen-bond acceptors (Lipinski definition) is 4. The number of thioether (sulfide) groups is 1. The quantitative estimate of drug-likeness (QED) is 0.812. The predicted octanol–water partition coefficient (Wildman–Crippen LogP) is 2.91. The maximum Gasteiger partial charge on any atom is 0.238 e. The molecule has 1 amide bonds. The van der Waals surface area contributed by atoms with E-state index in [9.17, 15) is 4.79 Å². The molecule has 0 spiro atoms. The highest BCUT2D eigenvalue weighted by Gasteiger charge is 2.28. The predicted molar refractivity (Wildman–Crippen MR) is 97.1 cm³/mol. The van der Waals surface area contributed by atoms with Crippen LogP contribution in [-0.4, -0.2) is 60.7 Å². The van der Waals surface area contributed by atoms with Crippen LogP contribution in [0.15, 0.2) is 29.2 Å². The monoisotopic (exact) mass is 333 g/mol. The van der Waals surface area contributed by atoms with Crippen molar-refractivity contribution in [3.8, 4) is 0 Å². The Morgan fingerprint density at radius 2 is 2.09 bits per heavy atom. The molecule has 2 saturated heterocycles. The summed E-state index contributed by atoms with van der Waals surface area (Å²) in [4.78, 5) is 18.5. The van der Waals surface area contributed by atoms with E-state index in [0.717, 1.165) is 18.8 Å². The topological polar surface area (TPSA) is 35.6 Å². The Morgan fingerprint density at radius 3 is 2.87 bits per heavy atom. The summed E-state index contributed by atoms with van der Waals surface area (Å²) in [5.41, 5.74) is 0.900. The molecule has 126 valence electrons. The van der Waals surface area contributed by atoms with E-state index in [-0.39, 0.29) is 5.91 Å². The molecule has 1 aromatic rings. The van der Waals surface area contributed by atoms with E-state index in [4.69, 9.17) is 0 Å². The molecule has 1 aromatic carbocycles. The molecular formula is C18H27N3OS. The van der Waals surface area contributed by atoms with Crippen molar-refractivity contribution in [3.63, 3.8) is 0 Å². The molecule has 1 N–H and O–H groups in total. The number of carbonyl (C=O) groups is 1. The zero-order valence-electron chi connectivity index (χ0n) is 14.0. The van der Waals surface area contributed by atoms with Gasteiger partial charge < -0.3 is 10.2 Å². The number of hydrogen-bond donors (Lipinski definition) is 1. The molecule has 2 aliphatic heterocycles. The van der Waals surface area contributed by atoms with Gasteiger partial charge in [0.05, 0.1) is 6.54 Å². The van der Waals surface area contributed by atoms with Crippen LogP contribution in [0.2, 0.25) is 0 Å². The number of rotatable bonds is 6. The van der Waals surface area contributed by atoms with Crippen molar-refractivity contribution < 1.29 is 4.79 Å². The first-order chi connectivity index (χ1) is 11.2. The molecule has 2 fully saturated rings. The van der Waals surface area contributed by atoms with Crippen LogP contribution in [0.3, 0.4) is 0 Å². The summed E-state index contributed by atoms with van der Waals surface area (Å²) in [5.74, 6) is 0.108. The van der Waals surface area contributed by atoms with Crippen LogP contribution in [0.1, 0.15) is 25.7 Å². The SMILES string of the molecule is CSc1cccc(NC(=O)CN2CCC[C@@H]2CN2CCCC2)c1. The minimum absolute atomic E-state index is 0.108. The van der Waals surface area contributed by atoms with Gasteiger partial charge in [0.15, 0.2) is 0 Å². The van der Waals surface area contributed by atoms with Crippen molar-refractivity contribution in [1.82, 2.24) is 9.80 Å². The van der Waals surface area contributed by atoms with Gasteiger partial charge in [-0.1, -0.05) is 6.07 Å². The van der Waals surface area contributed by atoms with Gasteiger partial charge in [-0.25, -0.2) is 0 Å². The fourth-order valence-electron chi connectivity index (χ4n) is 3.66. The summed E-state index contributed by atoms with van der Waals surface area (Å²) in [6, 6.07) is 8.61. The molecule has 2 heterocycles. The number of nitrogens with one attached hydrogen (secondary N) is 1. The molecule has 23 heavy (non-hydrogen) atoms. The second kappa shape index (κ2) is 8.18. The molecule has 0 aromatic heterocycles. The van der Waals surface area contributed by atoms with Gasteiger partial charge in [0.1, 0.15) is 0 Å². The smallest absolute Gasteiger partial charge is 0.238 e. The first-order valence-electron chi connectivity index (χ1n) is 8.65. The van der Waals surface area contributed by atoms with Gasteiger partial charge in [-0.05, 0) is 69.8 Å². The number of nitrogens with zero attached hydrogens (tertiary/aromatic N) is 2. The summed E-state index contributed by atoms with van der Waals surface area (Å²) in [6.45, 7) is 5.17. The fourth-order valence-corrected chi connectivity index (χ4v) is 4.12. The van der Waals surface area contributed by atoms with Crippen molar-refractivity contribution in [2.75, 3.05) is 44.3 Å². The molecule has 1 atom stereocenters. The maximum absolute atomic E-state index is 12.4. The van der Waals surface area contributed by atoms with E-state index in [2.05, 4.69) is 21.2 Å². The van der Waals surface area contributed by atoms with Gasteiger partial charge >= 0.3 is 0 Å². The van der Waals surface area contributed by atoms with Crippen molar-refractivity contribution in [2.24, 2.45) is 0 Å². The third-order valence-corrected chi connectivity index (χ3v) is 5.59. The molecule has 3 rings (SSSR count). The van der Waals surface area contributed by atoms with E-state index >= 15 is 0 Å². The first kappa shape index (κ1) is 16.8. The Morgan fingerprint density at radius 1 is 1.26 bits per heavy atom. The van der Waals surface area contributed by atoms with E-state index in [1.807, 2.05) is 24.5 Å². The molecule has 5 heteroatoms. The number of amides is 1. The average molecular weight is 334 g/mol. The molecule has 0 radical (unpaired) electrons. The minimum atomic E-state index is 0.108. The Balaban J connectivity index is 1.51. The third kappa shape index (κ3) is 4.72. The number of benzene rings is 1. The summed E-state index contributed by atoms with van der Waals surface area (Å²) < 4.78 is 0. The second-order valence-electron chi connectivity index (χ2n) is 6.55. The van der Waals surface area contributed by atoms with E-state index in [0.29, 0.717) is 12.6 Å². The van der Waals surface area contributed by atoms with Crippen LogP contribution >= 0.6 is 11.8 Å². The van der Waals surface area contributed by atoms with Crippen molar-refractivity contribution in [2.45, 2.75) is 36.6 Å². The Hall–Kier alpha value is -1.04. The molecule has 0 bridgehead atoms. The number of carbonyl (C=O) groups excluding carboxylic acids is 1.